The molecule has 2 aromatic rings. The van der Waals surface area contributed by atoms with Gasteiger partial charge in [0.2, 0.25) is 0 Å². The van der Waals surface area contributed by atoms with Gasteiger partial charge in [-0.3, -0.25) is 4.90 Å². The number of hydrogen-bond acceptors (Lipinski definition) is 1. The van der Waals surface area contributed by atoms with Gasteiger partial charge in [-0.15, -0.1) is 12.4 Å². The first-order chi connectivity index (χ1) is 9.79. The highest BCUT2D eigenvalue weighted by molar-refractivity contribution is 6.31. The highest BCUT2D eigenvalue weighted by Gasteiger charge is 2.25. The number of aromatic amines is 1. The Hall–Kier alpha value is -0.960. The van der Waals surface area contributed by atoms with E-state index in [1.807, 2.05) is 6.07 Å². The van der Waals surface area contributed by atoms with Crippen molar-refractivity contribution < 1.29 is 0 Å². The third-order valence-corrected chi connectivity index (χ3v) is 4.73. The Kier molecular flexibility index (Phi) is 4.30. The Balaban J connectivity index is 0.00000132. The zero-order valence-corrected chi connectivity index (χ0v) is 13.5. The van der Waals surface area contributed by atoms with Crippen molar-refractivity contribution in [3.05, 3.63) is 41.1 Å². The van der Waals surface area contributed by atoms with Crippen LogP contribution in [0, 0.1) is 5.92 Å². The molecule has 0 amide bonds. The molecule has 1 saturated carbocycles. The largest absolute Gasteiger partial charge is 0.361 e. The van der Waals surface area contributed by atoms with Gasteiger partial charge in [-0.2, -0.15) is 0 Å². The van der Waals surface area contributed by atoms with Gasteiger partial charge in [0.25, 0.3) is 0 Å². The van der Waals surface area contributed by atoms with Gasteiger partial charge in [-0.05, 0) is 49.0 Å². The molecule has 0 radical (unpaired) electrons. The number of halogens is 2. The van der Waals surface area contributed by atoms with Crippen LogP contribution in [0.15, 0.2) is 30.5 Å². The molecule has 2 nitrogen and oxygen atoms in total. The zero-order chi connectivity index (χ0) is 13.5. The predicted octanol–water partition coefficient (Wildman–Crippen LogP) is 4.74. The summed E-state index contributed by atoms with van der Waals surface area (Å²) in [6, 6.07) is 6.07. The number of benzene rings is 1. The first-order valence-electron chi connectivity index (χ1n) is 7.48. The Morgan fingerprint density at radius 2 is 2.14 bits per heavy atom. The third-order valence-electron chi connectivity index (χ3n) is 4.50. The summed E-state index contributed by atoms with van der Waals surface area (Å²) in [5, 5.41) is 2.06. The Morgan fingerprint density at radius 1 is 1.29 bits per heavy atom. The van der Waals surface area contributed by atoms with Crippen molar-refractivity contribution in [3.8, 4) is 0 Å². The normalized spacial score (nSPS) is 19.4. The van der Waals surface area contributed by atoms with Gasteiger partial charge in [0.1, 0.15) is 0 Å². The average molecular weight is 323 g/mol. The molecule has 1 aliphatic carbocycles. The van der Waals surface area contributed by atoms with E-state index in [-0.39, 0.29) is 12.4 Å². The van der Waals surface area contributed by atoms with Gasteiger partial charge in [0.15, 0.2) is 0 Å². The lowest BCUT2D eigenvalue weighted by Gasteiger charge is -2.26. The maximum Gasteiger partial charge on any atom is 0.0461 e. The lowest BCUT2D eigenvalue weighted by Crippen LogP contribution is -2.30. The molecular weight excluding hydrogens is 303 g/mol. The maximum absolute atomic E-state index is 6.13. The van der Waals surface area contributed by atoms with Crippen LogP contribution in [0.3, 0.4) is 0 Å². The topological polar surface area (TPSA) is 19.0 Å². The van der Waals surface area contributed by atoms with Gasteiger partial charge < -0.3 is 4.98 Å². The molecule has 0 saturated heterocycles. The quantitative estimate of drug-likeness (QED) is 0.864. The van der Waals surface area contributed by atoms with Crippen LogP contribution < -0.4 is 0 Å². The van der Waals surface area contributed by atoms with E-state index < -0.39 is 0 Å². The number of nitrogens with zero attached hydrogens (tertiary/aromatic N) is 1. The van der Waals surface area contributed by atoms with E-state index in [2.05, 4.69) is 34.3 Å². The van der Waals surface area contributed by atoms with Gasteiger partial charge in [0.05, 0.1) is 0 Å². The minimum atomic E-state index is 0. The number of rotatable bonds is 3. The van der Waals surface area contributed by atoms with Gasteiger partial charge >= 0.3 is 0 Å². The summed E-state index contributed by atoms with van der Waals surface area (Å²) in [7, 11) is 0. The van der Waals surface area contributed by atoms with Crippen molar-refractivity contribution in [2.45, 2.75) is 19.3 Å². The van der Waals surface area contributed by atoms with Crippen LogP contribution in [-0.2, 0) is 0 Å². The Bertz CT molecular complexity index is 670. The van der Waals surface area contributed by atoms with E-state index in [0.717, 1.165) is 23.9 Å². The maximum atomic E-state index is 6.13. The highest BCUT2D eigenvalue weighted by Crippen LogP contribution is 2.33. The molecule has 4 heteroatoms. The lowest BCUT2D eigenvalue weighted by atomic mass is 9.99. The standard InChI is InChI=1S/C17H19ClN2.ClH/c18-14-3-4-17-15(9-14)16(10-19-17)13-5-7-20(8-6-13)11-12-1-2-12;/h3-5,9-10,12,19H,1-2,6-8,11H2;1H. The smallest absolute Gasteiger partial charge is 0.0461 e. The van der Waals surface area contributed by atoms with Crippen LogP contribution in [0.4, 0.5) is 0 Å². The molecule has 0 atom stereocenters. The summed E-state index contributed by atoms with van der Waals surface area (Å²) in [5.74, 6) is 0.983. The van der Waals surface area contributed by atoms with Crippen LogP contribution in [0.1, 0.15) is 24.8 Å². The van der Waals surface area contributed by atoms with Crippen LogP contribution in [-0.4, -0.2) is 29.5 Å². The third kappa shape index (κ3) is 3.13. The monoisotopic (exact) mass is 322 g/mol. The second-order valence-corrected chi connectivity index (χ2v) is 6.51. The second kappa shape index (κ2) is 6.04. The first kappa shape index (κ1) is 15.0. The number of aromatic nitrogens is 1. The van der Waals surface area contributed by atoms with Crippen LogP contribution in [0.5, 0.6) is 0 Å². The summed E-state index contributed by atoms with van der Waals surface area (Å²) in [4.78, 5) is 5.94. The molecule has 1 N–H and O–H groups in total. The van der Waals surface area contributed by atoms with Crippen molar-refractivity contribution in [3.63, 3.8) is 0 Å². The summed E-state index contributed by atoms with van der Waals surface area (Å²) >= 11 is 6.13. The molecule has 21 heavy (non-hydrogen) atoms. The number of H-pyrrole nitrogens is 1. The number of hydrogen-bond donors (Lipinski definition) is 1. The van der Waals surface area contributed by atoms with Crippen molar-refractivity contribution in [2.24, 2.45) is 5.92 Å². The fourth-order valence-electron chi connectivity index (χ4n) is 3.15. The van der Waals surface area contributed by atoms with E-state index in [1.54, 1.807) is 0 Å². The second-order valence-electron chi connectivity index (χ2n) is 6.07. The van der Waals surface area contributed by atoms with Gasteiger partial charge in [-0.1, -0.05) is 17.7 Å². The van der Waals surface area contributed by atoms with Gasteiger partial charge in [0, 0.05) is 47.3 Å². The Labute approximate surface area is 136 Å². The molecule has 0 spiro atoms. The van der Waals surface area contributed by atoms with Crippen molar-refractivity contribution in [1.82, 2.24) is 9.88 Å². The van der Waals surface area contributed by atoms with Crippen molar-refractivity contribution in [1.29, 1.82) is 0 Å². The van der Waals surface area contributed by atoms with Crippen LogP contribution >= 0.6 is 24.0 Å². The SMILES string of the molecule is Cl.Clc1ccc2[nH]cc(C3=CCN(CC4CC4)CC3)c2c1. The van der Waals surface area contributed by atoms with Gasteiger partial charge in [-0.25, -0.2) is 0 Å². The minimum Gasteiger partial charge on any atom is -0.361 e. The lowest BCUT2D eigenvalue weighted by molar-refractivity contribution is 0.290. The first-order valence-corrected chi connectivity index (χ1v) is 7.86. The molecule has 112 valence electrons. The molecule has 4 rings (SSSR count). The zero-order valence-electron chi connectivity index (χ0n) is 11.9. The predicted molar refractivity (Wildman–Crippen MR) is 92.3 cm³/mol. The Morgan fingerprint density at radius 3 is 2.86 bits per heavy atom. The fraction of sp³-hybridized carbons (Fsp3) is 0.412. The molecular formula is C17H20Cl2N2. The number of nitrogens with one attached hydrogen (secondary N) is 1. The molecule has 0 unspecified atom stereocenters. The molecule has 1 fully saturated rings. The van der Waals surface area contributed by atoms with Crippen LogP contribution in [0.25, 0.3) is 16.5 Å². The minimum absolute atomic E-state index is 0. The molecule has 1 aromatic carbocycles. The van der Waals surface area contributed by atoms with Crippen molar-refractivity contribution >= 4 is 40.5 Å². The van der Waals surface area contributed by atoms with E-state index in [9.17, 15) is 0 Å². The van der Waals surface area contributed by atoms with E-state index >= 15 is 0 Å². The molecule has 2 heterocycles. The summed E-state index contributed by atoms with van der Waals surface area (Å²) in [6.45, 7) is 3.58. The van der Waals surface area contributed by atoms with E-state index in [1.165, 1.54) is 48.0 Å². The summed E-state index contributed by atoms with van der Waals surface area (Å²) in [6.07, 6.45) is 8.55. The molecule has 1 aromatic heterocycles. The highest BCUT2D eigenvalue weighted by atomic mass is 35.5. The average Bonchev–Trinajstić information content (AvgIpc) is 3.17. The van der Waals surface area contributed by atoms with E-state index in [4.69, 9.17) is 11.6 Å². The molecule has 0 bridgehead atoms. The van der Waals surface area contributed by atoms with E-state index in [0.29, 0.717) is 0 Å². The molecule has 2 aliphatic rings. The summed E-state index contributed by atoms with van der Waals surface area (Å²) in [5.41, 5.74) is 3.96. The van der Waals surface area contributed by atoms with Crippen LogP contribution in [0.2, 0.25) is 5.02 Å². The van der Waals surface area contributed by atoms with Crippen molar-refractivity contribution in [2.75, 3.05) is 19.6 Å². The fourth-order valence-corrected chi connectivity index (χ4v) is 3.32. The summed E-state index contributed by atoms with van der Waals surface area (Å²) < 4.78 is 0. The number of fused-ring (bicyclic) bond motifs is 1. The molecule has 1 aliphatic heterocycles.